The van der Waals surface area contributed by atoms with E-state index in [9.17, 15) is 0 Å². The van der Waals surface area contributed by atoms with Gasteiger partial charge in [0.1, 0.15) is 0 Å². The van der Waals surface area contributed by atoms with Crippen LogP contribution in [0.15, 0.2) is 182 Å². The largest absolute Gasteiger partial charge is 0.0616 e. The van der Waals surface area contributed by atoms with E-state index in [0.717, 1.165) is 11.1 Å². The van der Waals surface area contributed by atoms with Crippen LogP contribution in [0.2, 0.25) is 0 Å². The van der Waals surface area contributed by atoms with Crippen LogP contribution in [-0.4, -0.2) is 0 Å². The number of hydrogen-bond donors (Lipinski definition) is 0. The Labute approximate surface area is 290 Å². The summed E-state index contributed by atoms with van der Waals surface area (Å²) < 4.78 is 0. The van der Waals surface area contributed by atoms with Gasteiger partial charge in [0.15, 0.2) is 0 Å². The van der Waals surface area contributed by atoms with Crippen LogP contribution in [0.4, 0.5) is 0 Å². The molecule has 0 radical (unpaired) electrons. The maximum atomic E-state index is 3.79. The predicted octanol–water partition coefficient (Wildman–Crippen LogP) is 13.3. The Bertz CT molecular complexity index is 2710. The van der Waals surface area contributed by atoms with Crippen molar-refractivity contribution in [3.8, 4) is 34.1 Å². The topological polar surface area (TPSA) is 0 Å². The summed E-state index contributed by atoms with van der Waals surface area (Å²) in [6, 6.07) is 65.8. The summed E-state index contributed by atoms with van der Waals surface area (Å²) in [7, 11) is 0. The van der Waals surface area contributed by atoms with E-state index in [4.69, 9.17) is 0 Å². The Kier molecular flexibility index (Phi) is 6.51. The zero-order valence-electron chi connectivity index (χ0n) is 27.3. The monoisotopic (exact) mass is 630 g/mol. The highest BCUT2D eigenvalue weighted by Gasteiger charge is 2.18. The second-order valence-corrected chi connectivity index (χ2v) is 13.0. The minimum Gasteiger partial charge on any atom is -0.0616 e. The molecule has 0 unspecified atom stereocenters. The van der Waals surface area contributed by atoms with E-state index in [1.165, 1.54) is 86.9 Å². The third kappa shape index (κ3) is 4.35. The average molecular weight is 631 g/mol. The standard InChI is InChI=1S/C50H30/c1-3-19-35-33(15-1)17-13-29-43(35)49-45-25-9-5-21-37(45)41(38-22-6-10-26-46(38)49)31-32-42-39-23-7-11-27-47(39)50(48-28-12-8-24-40(42)48)44-30-14-18-34-16-2-4-20-36(34)44/h1-30H. The fraction of sp³-hybridized carbons (Fsp3) is 0. The van der Waals surface area contributed by atoms with E-state index in [1.54, 1.807) is 0 Å². The Morgan fingerprint density at radius 3 is 0.820 bits per heavy atom. The van der Waals surface area contributed by atoms with E-state index in [0.29, 0.717) is 0 Å². The molecule has 0 aromatic heterocycles. The lowest BCUT2D eigenvalue weighted by Crippen LogP contribution is -1.93. The lowest BCUT2D eigenvalue weighted by Gasteiger charge is -2.17. The van der Waals surface area contributed by atoms with Gasteiger partial charge in [0.05, 0.1) is 0 Å². The summed E-state index contributed by atoms with van der Waals surface area (Å²) in [5.74, 6) is 7.57. The second-order valence-electron chi connectivity index (χ2n) is 13.0. The first-order valence-electron chi connectivity index (χ1n) is 17.2. The zero-order valence-corrected chi connectivity index (χ0v) is 27.3. The summed E-state index contributed by atoms with van der Waals surface area (Å²) >= 11 is 0. The molecule has 0 spiro atoms. The maximum Gasteiger partial charge on any atom is 0.0406 e. The summed E-state index contributed by atoms with van der Waals surface area (Å²) in [6.45, 7) is 0. The average Bonchev–Trinajstić information content (AvgIpc) is 3.19. The maximum absolute atomic E-state index is 3.79. The van der Waals surface area contributed by atoms with Gasteiger partial charge in [-0.15, -0.1) is 0 Å². The summed E-state index contributed by atoms with van der Waals surface area (Å²) in [6.07, 6.45) is 0. The Morgan fingerprint density at radius 1 is 0.220 bits per heavy atom. The highest BCUT2D eigenvalue weighted by atomic mass is 14.2. The molecule has 0 saturated heterocycles. The zero-order chi connectivity index (χ0) is 33.0. The molecule has 0 heterocycles. The van der Waals surface area contributed by atoms with Gasteiger partial charge in [-0.1, -0.05) is 194 Å². The predicted molar refractivity (Wildman–Crippen MR) is 215 cm³/mol. The van der Waals surface area contributed by atoms with Crippen LogP contribution in [0, 0.1) is 11.8 Å². The molecule has 0 fully saturated rings. The number of benzene rings is 10. The third-order valence-electron chi connectivity index (χ3n) is 10.3. The van der Waals surface area contributed by atoms with Crippen molar-refractivity contribution in [1.29, 1.82) is 0 Å². The molecular formula is C50H30. The minimum atomic E-state index is 1.06. The molecule has 0 amide bonds. The van der Waals surface area contributed by atoms with Gasteiger partial charge in [-0.25, -0.2) is 0 Å². The molecule has 0 heteroatoms. The molecule has 0 saturated carbocycles. The lowest BCUT2D eigenvalue weighted by atomic mass is 9.86. The van der Waals surface area contributed by atoms with Gasteiger partial charge in [0.2, 0.25) is 0 Å². The van der Waals surface area contributed by atoms with E-state index in [2.05, 4.69) is 194 Å². The van der Waals surface area contributed by atoms with E-state index >= 15 is 0 Å². The summed E-state index contributed by atoms with van der Waals surface area (Å²) in [5.41, 5.74) is 7.13. The van der Waals surface area contributed by atoms with Gasteiger partial charge in [0, 0.05) is 11.1 Å². The molecule has 10 aromatic carbocycles. The number of fused-ring (bicyclic) bond motifs is 6. The van der Waals surface area contributed by atoms with Crippen LogP contribution >= 0.6 is 0 Å². The van der Waals surface area contributed by atoms with Crippen LogP contribution in [0.25, 0.3) is 86.9 Å². The number of rotatable bonds is 2. The molecular weight excluding hydrogens is 601 g/mol. The van der Waals surface area contributed by atoms with E-state index in [1.807, 2.05) is 0 Å². The molecule has 10 rings (SSSR count). The van der Waals surface area contributed by atoms with Crippen molar-refractivity contribution in [2.75, 3.05) is 0 Å². The highest BCUT2D eigenvalue weighted by Crippen LogP contribution is 2.43. The molecule has 10 aromatic rings. The van der Waals surface area contributed by atoms with Crippen LogP contribution in [-0.2, 0) is 0 Å². The van der Waals surface area contributed by atoms with Crippen LogP contribution in [0.1, 0.15) is 11.1 Å². The van der Waals surface area contributed by atoms with Gasteiger partial charge < -0.3 is 0 Å². The van der Waals surface area contributed by atoms with Crippen LogP contribution < -0.4 is 0 Å². The Balaban J connectivity index is 1.28. The van der Waals surface area contributed by atoms with Gasteiger partial charge in [-0.3, -0.25) is 0 Å². The van der Waals surface area contributed by atoms with Crippen LogP contribution in [0.5, 0.6) is 0 Å². The van der Waals surface area contributed by atoms with Crippen molar-refractivity contribution in [2.24, 2.45) is 0 Å². The quantitative estimate of drug-likeness (QED) is 0.132. The molecule has 0 N–H and O–H groups in total. The van der Waals surface area contributed by atoms with Crippen molar-refractivity contribution in [1.82, 2.24) is 0 Å². The van der Waals surface area contributed by atoms with Crippen molar-refractivity contribution >= 4 is 64.6 Å². The lowest BCUT2D eigenvalue weighted by molar-refractivity contribution is 1.68. The fourth-order valence-corrected chi connectivity index (χ4v) is 8.12. The van der Waals surface area contributed by atoms with Gasteiger partial charge >= 0.3 is 0 Å². The third-order valence-corrected chi connectivity index (χ3v) is 10.3. The fourth-order valence-electron chi connectivity index (χ4n) is 8.12. The Morgan fingerprint density at radius 2 is 0.480 bits per heavy atom. The van der Waals surface area contributed by atoms with Crippen molar-refractivity contribution in [3.05, 3.63) is 193 Å². The molecule has 0 bridgehead atoms. The van der Waals surface area contributed by atoms with Gasteiger partial charge in [-0.2, -0.15) is 0 Å². The second kappa shape index (κ2) is 11.5. The smallest absolute Gasteiger partial charge is 0.0406 e. The first-order valence-corrected chi connectivity index (χ1v) is 17.2. The molecule has 0 aliphatic heterocycles. The van der Waals surface area contributed by atoms with Crippen molar-refractivity contribution in [2.45, 2.75) is 0 Å². The Hall–Kier alpha value is -6.68. The molecule has 0 aliphatic carbocycles. The normalized spacial score (nSPS) is 11.4. The molecule has 50 heavy (non-hydrogen) atoms. The first-order chi connectivity index (χ1) is 24.8. The number of hydrogen-bond acceptors (Lipinski definition) is 0. The van der Waals surface area contributed by atoms with E-state index in [-0.39, 0.29) is 0 Å². The minimum absolute atomic E-state index is 1.06. The molecule has 230 valence electrons. The van der Waals surface area contributed by atoms with Crippen molar-refractivity contribution in [3.63, 3.8) is 0 Å². The molecule has 0 atom stereocenters. The SMILES string of the molecule is C(#Cc1c2ccccc2c(-c2cccc3ccccc23)c2ccccc12)c1c2ccccc2c(-c2cccc3ccccc23)c2ccccc12. The van der Waals surface area contributed by atoms with Crippen molar-refractivity contribution < 1.29 is 0 Å². The van der Waals surface area contributed by atoms with Gasteiger partial charge in [-0.05, 0) is 86.9 Å². The summed E-state index contributed by atoms with van der Waals surface area (Å²) in [5, 5.41) is 14.5. The molecule has 0 nitrogen and oxygen atoms in total. The van der Waals surface area contributed by atoms with Crippen LogP contribution in [0.3, 0.4) is 0 Å². The van der Waals surface area contributed by atoms with E-state index < -0.39 is 0 Å². The first kappa shape index (κ1) is 28.3. The summed E-state index contributed by atoms with van der Waals surface area (Å²) in [4.78, 5) is 0. The molecule has 0 aliphatic rings. The van der Waals surface area contributed by atoms with Gasteiger partial charge in [0.25, 0.3) is 0 Å². The highest BCUT2D eigenvalue weighted by molar-refractivity contribution is 6.21.